The maximum Gasteiger partial charge on any atom is 0.0722 e. The molecule has 0 radical (unpaired) electrons. The average molecular weight is 259 g/mol. The second-order valence-electron chi connectivity index (χ2n) is 2.99. The van der Waals surface area contributed by atoms with Crippen LogP contribution >= 0.6 is 23.5 Å². The first-order chi connectivity index (χ1) is 7.92. The highest BCUT2D eigenvalue weighted by Crippen LogP contribution is 2.20. The molecule has 2 aromatic rings. The average Bonchev–Trinajstić information content (AvgIpc) is 2.38. The summed E-state index contributed by atoms with van der Waals surface area (Å²) in [6.45, 7) is 0.773. The Kier molecular flexibility index (Phi) is 5.93. The molecule has 5 heteroatoms. The third-order valence-electron chi connectivity index (χ3n) is 2.06. The quantitative estimate of drug-likeness (QED) is 0.833. The number of pyridine rings is 1. The second-order valence-corrected chi connectivity index (χ2v) is 3.37. The van der Waals surface area contributed by atoms with E-state index in [0.29, 0.717) is 5.88 Å². The lowest BCUT2D eigenvalue weighted by Gasteiger charge is -2.06. The van der Waals surface area contributed by atoms with Crippen molar-refractivity contribution in [2.24, 2.45) is 0 Å². The number of hydrogen-bond donors (Lipinski definition) is 2. The first-order valence-corrected chi connectivity index (χ1v) is 5.59. The fourth-order valence-corrected chi connectivity index (χ4v) is 1.53. The molecule has 0 amide bonds. The molecule has 0 unspecified atom stereocenters. The molecule has 16 heavy (non-hydrogen) atoms. The molecule has 0 saturated carbocycles. The van der Waals surface area contributed by atoms with Crippen LogP contribution in [0.3, 0.4) is 0 Å². The van der Waals surface area contributed by atoms with Crippen molar-refractivity contribution in [2.75, 3.05) is 17.7 Å². The number of benzene rings is 1. The van der Waals surface area contributed by atoms with Gasteiger partial charge >= 0.3 is 0 Å². The molecular weight excluding hydrogens is 247 g/mol. The van der Waals surface area contributed by atoms with E-state index >= 15 is 0 Å². The molecule has 86 valence electrons. The highest BCUT2D eigenvalue weighted by atomic mass is 35.5. The zero-order chi connectivity index (χ0) is 11.8. The molecule has 3 nitrogen and oxygen atoms in total. The van der Waals surface area contributed by atoms with Crippen molar-refractivity contribution in [3.05, 3.63) is 36.5 Å². The summed E-state index contributed by atoms with van der Waals surface area (Å²) in [5, 5.41) is 4.40. The molecule has 0 saturated heterocycles. The number of halogens is 2. The molecule has 0 atom stereocenters. The SMILES string of the molecule is ClCCNc1ccnc2ccccc12.OCl. The van der Waals surface area contributed by atoms with Crippen molar-refractivity contribution in [3.8, 4) is 0 Å². The normalized spacial score (nSPS) is 9.44. The summed E-state index contributed by atoms with van der Waals surface area (Å²) in [5.74, 6) is 0.608. The Morgan fingerprint density at radius 2 is 1.94 bits per heavy atom. The van der Waals surface area contributed by atoms with E-state index in [9.17, 15) is 0 Å². The van der Waals surface area contributed by atoms with Crippen LogP contribution in [0.15, 0.2) is 36.5 Å². The van der Waals surface area contributed by atoms with E-state index in [1.54, 1.807) is 6.20 Å². The van der Waals surface area contributed by atoms with E-state index in [1.807, 2.05) is 24.3 Å². The summed E-state index contributed by atoms with van der Waals surface area (Å²) in [6, 6.07) is 10.0. The lowest BCUT2D eigenvalue weighted by molar-refractivity contribution is 0.632. The van der Waals surface area contributed by atoms with Crippen LogP contribution in [0, 0.1) is 0 Å². The van der Waals surface area contributed by atoms with Crippen molar-refractivity contribution >= 4 is 40.1 Å². The minimum atomic E-state index is 0.608. The number of aromatic nitrogens is 1. The van der Waals surface area contributed by atoms with Gasteiger partial charge in [0.05, 0.1) is 17.4 Å². The van der Waals surface area contributed by atoms with E-state index in [-0.39, 0.29) is 0 Å². The number of rotatable bonds is 3. The smallest absolute Gasteiger partial charge is 0.0722 e. The highest BCUT2D eigenvalue weighted by Gasteiger charge is 1.98. The summed E-state index contributed by atoms with van der Waals surface area (Å²) < 4.78 is 6.47. The standard InChI is InChI=1S/C11H11ClN2.ClHO/c12-6-8-14-11-5-7-13-10-4-2-1-3-9(10)11;1-2/h1-5,7H,6,8H2,(H,13,14);2H. The first-order valence-electron chi connectivity index (χ1n) is 4.72. The van der Waals surface area contributed by atoms with Crippen molar-refractivity contribution in [3.63, 3.8) is 0 Å². The molecule has 0 spiro atoms. The van der Waals surface area contributed by atoms with Gasteiger partial charge in [-0.2, -0.15) is 0 Å². The predicted molar refractivity (Wildman–Crippen MR) is 69.0 cm³/mol. The molecule has 0 fully saturated rings. The summed E-state index contributed by atoms with van der Waals surface area (Å²) in [5.41, 5.74) is 2.10. The molecule has 1 aromatic carbocycles. The van der Waals surface area contributed by atoms with E-state index in [4.69, 9.17) is 16.3 Å². The van der Waals surface area contributed by atoms with Gasteiger partial charge in [0, 0.05) is 29.7 Å². The molecule has 1 heterocycles. The van der Waals surface area contributed by atoms with Gasteiger partial charge in [0.15, 0.2) is 0 Å². The van der Waals surface area contributed by atoms with Crippen LogP contribution in [0.2, 0.25) is 0 Å². The fourth-order valence-electron chi connectivity index (χ4n) is 1.43. The topological polar surface area (TPSA) is 45.2 Å². The zero-order valence-electron chi connectivity index (χ0n) is 8.53. The van der Waals surface area contributed by atoms with Gasteiger partial charge in [0.2, 0.25) is 0 Å². The molecule has 0 aliphatic rings. The van der Waals surface area contributed by atoms with Crippen LogP contribution in [-0.4, -0.2) is 22.1 Å². The van der Waals surface area contributed by atoms with Crippen LogP contribution in [0.1, 0.15) is 0 Å². The summed E-state index contributed by atoms with van der Waals surface area (Å²) in [4.78, 5) is 4.28. The van der Waals surface area contributed by atoms with Gasteiger partial charge in [-0.05, 0) is 12.1 Å². The highest BCUT2D eigenvalue weighted by molar-refractivity contribution is 6.18. The number of alkyl halides is 1. The van der Waals surface area contributed by atoms with Crippen molar-refractivity contribution in [1.29, 1.82) is 0 Å². The Bertz CT molecular complexity index is 432. The first kappa shape index (κ1) is 13.0. The van der Waals surface area contributed by atoms with Crippen molar-refractivity contribution in [2.45, 2.75) is 0 Å². The van der Waals surface area contributed by atoms with Gasteiger partial charge in [-0.3, -0.25) is 9.64 Å². The van der Waals surface area contributed by atoms with Gasteiger partial charge in [-0.15, -0.1) is 11.6 Å². The van der Waals surface area contributed by atoms with E-state index in [1.165, 1.54) is 0 Å². The fraction of sp³-hybridized carbons (Fsp3) is 0.182. The third-order valence-corrected chi connectivity index (χ3v) is 2.25. The molecule has 0 aliphatic carbocycles. The number of fused-ring (bicyclic) bond motifs is 1. The molecule has 0 bridgehead atoms. The molecular formula is C11H12Cl2N2O. The maximum atomic E-state index is 6.47. The molecule has 0 aliphatic heterocycles. The van der Waals surface area contributed by atoms with Crippen LogP contribution in [0.25, 0.3) is 10.9 Å². The largest absolute Gasteiger partial charge is 0.383 e. The van der Waals surface area contributed by atoms with Crippen molar-refractivity contribution in [1.82, 2.24) is 4.98 Å². The molecule has 1 aromatic heterocycles. The Hall–Kier alpha value is -1.03. The van der Waals surface area contributed by atoms with E-state index < -0.39 is 0 Å². The van der Waals surface area contributed by atoms with Crippen LogP contribution < -0.4 is 5.32 Å². The van der Waals surface area contributed by atoms with Gasteiger partial charge in [-0.25, -0.2) is 0 Å². The van der Waals surface area contributed by atoms with Crippen LogP contribution in [0.4, 0.5) is 5.69 Å². The lowest BCUT2D eigenvalue weighted by atomic mass is 10.2. The van der Waals surface area contributed by atoms with E-state index in [2.05, 4.69) is 28.2 Å². The number of para-hydroxylation sites is 1. The van der Waals surface area contributed by atoms with Crippen LogP contribution in [-0.2, 0) is 0 Å². The van der Waals surface area contributed by atoms with Crippen molar-refractivity contribution < 1.29 is 4.66 Å². The second kappa shape index (κ2) is 7.28. The predicted octanol–water partition coefficient (Wildman–Crippen LogP) is 3.02. The summed E-state index contributed by atoms with van der Waals surface area (Å²) in [6.07, 6.45) is 1.80. The third kappa shape index (κ3) is 3.23. The number of hydrogen-bond acceptors (Lipinski definition) is 3. The Balaban J connectivity index is 0.000000606. The molecule has 2 rings (SSSR count). The van der Waals surface area contributed by atoms with Gasteiger partial charge in [0.25, 0.3) is 0 Å². The summed E-state index contributed by atoms with van der Waals surface area (Å²) in [7, 11) is 0. The van der Waals surface area contributed by atoms with Gasteiger partial charge in [0.1, 0.15) is 0 Å². The van der Waals surface area contributed by atoms with E-state index in [0.717, 1.165) is 23.1 Å². The molecule has 2 N–H and O–H groups in total. The van der Waals surface area contributed by atoms with Crippen LogP contribution in [0.5, 0.6) is 0 Å². The lowest BCUT2D eigenvalue weighted by Crippen LogP contribution is -2.02. The van der Waals surface area contributed by atoms with Gasteiger partial charge < -0.3 is 5.32 Å². The number of anilines is 1. The minimum Gasteiger partial charge on any atom is -0.383 e. The Morgan fingerprint density at radius 1 is 1.19 bits per heavy atom. The number of nitrogens with zero attached hydrogens (tertiary/aromatic N) is 1. The zero-order valence-corrected chi connectivity index (χ0v) is 10.0. The Morgan fingerprint density at radius 3 is 2.69 bits per heavy atom. The van der Waals surface area contributed by atoms with Gasteiger partial charge in [-0.1, -0.05) is 18.2 Å². The Labute approximate surface area is 104 Å². The monoisotopic (exact) mass is 258 g/mol. The maximum absolute atomic E-state index is 6.47. The number of nitrogens with one attached hydrogen (secondary N) is 1. The summed E-state index contributed by atoms with van der Waals surface area (Å²) >= 11 is 9.26. The minimum absolute atomic E-state index is 0.608.